The summed E-state index contributed by atoms with van der Waals surface area (Å²) in [5.41, 5.74) is 1.03. The molecule has 0 bridgehead atoms. The maximum Gasteiger partial charge on any atom is 0.329 e. The lowest BCUT2D eigenvalue weighted by atomic mass is 10.1. The third-order valence-electron chi connectivity index (χ3n) is 5.50. The zero-order valence-corrected chi connectivity index (χ0v) is 16.1. The fraction of sp³-hybridized carbons (Fsp3) is 0.364. The molecule has 0 amide bonds. The summed E-state index contributed by atoms with van der Waals surface area (Å²) in [7, 11) is 0. The van der Waals surface area contributed by atoms with Crippen LogP contribution in [0.5, 0.6) is 0 Å². The van der Waals surface area contributed by atoms with Crippen LogP contribution < -0.4 is 5.69 Å². The zero-order valence-electron chi connectivity index (χ0n) is 16.1. The van der Waals surface area contributed by atoms with Crippen molar-refractivity contribution in [3.63, 3.8) is 0 Å². The first kappa shape index (κ1) is 19.5. The van der Waals surface area contributed by atoms with E-state index in [1.165, 1.54) is 23.8 Å². The molecule has 0 atom stereocenters. The molecular weight excluding hydrogens is 376 g/mol. The number of carbonyl (C=O) groups is 1. The van der Waals surface area contributed by atoms with Crippen LogP contribution in [0.2, 0.25) is 0 Å². The molecule has 1 aromatic heterocycles. The number of hydrogen-bond acceptors (Lipinski definition) is 3. The van der Waals surface area contributed by atoms with E-state index in [1.807, 2.05) is 12.1 Å². The van der Waals surface area contributed by atoms with E-state index < -0.39 is 17.4 Å². The molecule has 1 aliphatic heterocycles. The van der Waals surface area contributed by atoms with Crippen LogP contribution in [0.15, 0.2) is 47.3 Å². The standard InChI is InChI=1S/C22H23F2N3O2/c23-17-12-16(13-18(24)14-17)21(28)15-27-20-7-3-2-6-19(20)26(22(27)29)11-10-25-8-4-1-5-9-25/h2-3,6-7,12-14H,1,4-5,8-11,15H2. The number of piperidine rings is 1. The topological polar surface area (TPSA) is 47.2 Å². The number of rotatable bonds is 6. The Balaban J connectivity index is 1.63. The summed E-state index contributed by atoms with van der Waals surface area (Å²) < 4.78 is 30.0. The van der Waals surface area contributed by atoms with Gasteiger partial charge in [0.05, 0.1) is 17.6 Å². The van der Waals surface area contributed by atoms with Crippen LogP contribution in [0.1, 0.15) is 29.6 Å². The molecule has 0 aliphatic carbocycles. The van der Waals surface area contributed by atoms with E-state index in [0.29, 0.717) is 12.1 Å². The molecule has 0 radical (unpaired) electrons. The lowest BCUT2D eigenvalue weighted by molar-refractivity contribution is 0.0971. The number of Topliss-reactive ketones (excluding diaryl/α,β-unsaturated/α-hetero) is 1. The molecule has 4 rings (SSSR count). The number of hydrogen-bond donors (Lipinski definition) is 0. The van der Waals surface area contributed by atoms with Crippen LogP contribution >= 0.6 is 0 Å². The van der Waals surface area contributed by atoms with Crippen molar-refractivity contribution >= 4 is 16.8 Å². The van der Waals surface area contributed by atoms with Gasteiger partial charge in [0.25, 0.3) is 0 Å². The molecule has 1 fully saturated rings. The Morgan fingerprint density at radius 3 is 2.14 bits per heavy atom. The average Bonchev–Trinajstić information content (AvgIpc) is 2.98. The third-order valence-corrected chi connectivity index (χ3v) is 5.50. The predicted molar refractivity (Wildman–Crippen MR) is 107 cm³/mol. The van der Waals surface area contributed by atoms with Crippen LogP contribution in [0.4, 0.5) is 8.78 Å². The van der Waals surface area contributed by atoms with Gasteiger partial charge in [0, 0.05) is 24.7 Å². The van der Waals surface area contributed by atoms with E-state index in [-0.39, 0.29) is 17.8 Å². The number of ketones is 1. The second kappa shape index (κ2) is 8.29. The lowest BCUT2D eigenvalue weighted by Gasteiger charge is -2.26. The minimum absolute atomic E-state index is 0.0838. The maximum atomic E-state index is 13.5. The van der Waals surface area contributed by atoms with Crippen molar-refractivity contribution in [1.82, 2.24) is 14.0 Å². The van der Waals surface area contributed by atoms with E-state index in [9.17, 15) is 18.4 Å². The molecule has 0 spiro atoms. The van der Waals surface area contributed by atoms with Gasteiger partial charge in [0.1, 0.15) is 11.6 Å². The zero-order chi connectivity index (χ0) is 20.4. The highest BCUT2D eigenvalue weighted by atomic mass is 19.1. The van der Waals surface area contributed by atoms with Crippen LogP contribution in [-0.2, 0) is 13.1 Å². The van der Waals surface area contributed by atoms with Crippen LogP contribution in [-0.4, -0.2) is 39.5 Å². The Kier molecular flexibility index (Phi) is 5.58. The van der Waals surface area contributed by atoms with Crippen molar-refractivity contribution in [1.29, 1.82) is 0 Å². The molecule has 152 valence electrons. The highest BCUT2D eigenvalue weighted by molar-refractivity contribution is 5.96. The Morgan fingerprint density at radius 1 is 0.862 bits per heavy atom. The summed E-state index contributed by atoms with van der Waals surface area (Å²) in [4.78, 5) is 28.0. The highest BCUT2D eigenvalue weighted by Crippen LogP contribution is 2.16. The van der Waals surface area contributed by atoms with Crippen molar-refractivity contribution < 1.29 is 13.6 Å². The van der Waals surface area contributed by atoms with E-state index in [2.05, 4.69) is 4.90 Å². The fourth-order valence-electron chi connectivity index (χ4n) is 4.02. The second-order valence-electron chi connectivity index (χ2n) is 7.49. The summed E-state index contributed by atoms with van der Waals surface area (Å²) in [6.07, 6.45) is 3.60. The van der Waals surface area contributed by atoms with Gasteiger partial charge in [-0.1, -0.05) is 18.6 Å². The molecule has 3 aromatic rings. The number of para-hydroxylation sites is 2. The van der Waals surface area contributed by atoms with Crippen molar-refractivity contribution in [3.8, 4) is 0 Å². The molecule has 2 aromatic carbocycles. The number of halogens is 2. The molecule has 0 N–H and O–H groups in total. The smallest absolute Gasteiger partial charge is 0.302 e. The molecule has 29 heavy (non-hydrogen) atoms. The molecule has 0 unspecified atom stereocenters. The normalized spacial score (nSPS) is 15.1. The number of likely N-dealkylation sites (tertiary alicyclic amines) is 1. The first-order chi connectivity index (χ1) is 14.0. The molecule has 7 heteroatoms. The number of fused-ring (bicyclic) bond motifs is 1. The van der Waals surface area contributed by atoms with Gasteiger partial charge in [-0.25, -0.2) is 13.6 Å². The van der Waals surface area contributed by atoms with E-state index in [4.69, 9.17) is 0 Å². The number of carbonyl (C=O) groups excluding carboxylic acids is 1. The summed E-state index contributed by atoms with van der Waals surface area (Å²) in [5, 5.41) is 0. The van der Waals surface area contributed by atoms with Crippen molar-refractivity contribution in [2.75, 3.05) is 19.6 Å². The quantitative estimate of drug-likeness (QED) is 0.597. The van der Waals surface area contributed by atoms with Crippen molar-refractivity contribution in [2.45, 2.75) is 32.4 Å². The van der Waals surface area contributed by atoms with E-state index in [1.54, 1.807) is 16.7 Å². The van der Waals surface area contributed by atoms with Gasteiger partial charge in [-0.15, -0.1) is 0 Å². The van der Waals surface area contributed by atoms with Gasteiger partial charge in [0.2, 0.25) is 0 Å². The molecule has 2 heterocycles. The summed E-state index contributed by atoms with van der Waals surface area (Å²) in [5.74, 6) is -2.14. The van der Waals surface area contributed by atoms with E-state index >= 15 is 0 Å². The minimum Gasteiger partial charge on any atom is -0.302 e. The molecule has 1 saturated heterocycles. The fourth-order valence-corrected chi connectivity index (χ4v) is 4.02. The number of nitrogens with zero attached hydrogens (tertiary/aromatic N) is 3. The Hall–Kier alpha value is -2.80. The van der Waals surface area contributed by atoms with Crippen LogP contribution in [0.25, 0.3) is 11.0 Å². The van der Waals surface area contributed by atoms with Crippen molar-refractivity contribution in [2.24, 2.45) is 0 Å². The highest BCUT2D eigenvalue weighted by Gasteiger charge is 2.18. The van der Waals surface area contributed by atoms with Gasteiger partial charge in [-0.2, -0.15) is 0 Å². The van der Waals surface area contributed by atoms with Crippen LogP contribution in [0.3, 0.4) is 0 Å². The first-order valence-electron chi connectivity index (χ1n) is 9.92. The van der Waals surface area contributed by atoms with Gasteiger partial charge < -0.3 is 4.90 Å². The second-order valence-corrected chi connectivity index (χ2v) is 7.49. The van der Waals surface area contributed by atoms with Gasteiger partial charge >= 0.3 is 5.69 Å². The third kappa shape index (κ3) is 4.15. The number of aromatic nitrogens is 2. The summed E-state index contributed by atoms with van der Waals surface area (Å²) in [6.45, 7) is 3.12. The molecule has 1 aliphatic rings. The SMILES string of the molecule is O=C(Cn1c(=O)n(CCN2CCCCC2)c2ccccc21)c1cc(F)cc(F)c1. The predicted octanol–water partition coefficient (Wildman–Crippen LogP) is 3.45. The summed E-state index contributed by atoms with van der Waals surface area (Å²) >= 11 is 0. The van der Waals surface area contributed by atoms with E-state index in [0.717, 1.165) is 43.4 Å². The molecular formula is C22H23F2N3O2. The minimum atomic E-state index is -0.815. The van der Waals surface area contributed by atoms with Crippen LogP contribution in [0, 0.1) is 11.6 Å². The Labute approximate surface area is 167 Å². The first-order valence-corrected chi connectivity index (χ1v) is 9.92. The number of benzene rings is 2. The van der Waals surface area contributed by atoms with Gasteiger partial charge in [-0.3, -0.25) is 13.9 Å². The average molecular weight is 399 g/mol. The largest absolute Gasteiger partial charge is 0.329 e. The monoisotopic (exact) mass is 399 g/mol. The number of imidazole rings is 1. The Bertz CT molecular complexity index is 1080. The van der Waals surface area contributed by atoms with Crippen molar-refractivity contribution in [3.05, 3.63) is 70.1 Å². The summed E-state index contributed by atoms with van der Waals surface area (Å²) in [6, 6.07) is 10.0. The molecule has 5 nitrogen and oxygen atoms in total. The lowest BCUT2D eigenvalue weighted by Crippen LogP contribution is -2.35. The Morgan fingerprint density at radius 2 is 1.48 bits per heavy atom. The maximum absolute atomic E-state index is 13.5. The van der Waals surface area contributed by atoms with Gasteiger partial charge in [0.15, 0.2) is 5.78 Å². The van der Waals surface area contributed by atoms with Gasteiger partial charge in [-0.05, 0) is 50.2 Å². The molecule has 0 saturated carbocycles.